The summed E-state index contributed by atoms with van der Waals surface area (Å²) in [6, 6.07) is 15.8. The summed E-state index contributed by atoms with van der Waals surface area (Å²) in [6.07, 6.45) is 3.47. The number of nitrogens with one attached hydrogen (secondary N) is 1. The number of ketones is 1. The zero-order chi connectivity index (χ0) is 21.8. The van der Waals surface area contributed by atoms with Crippen molar-refractivity contribution >= 4 is 22.6 Å². The van der Waals surface area contributed by atoms with Gasteiger partial charge in [-0.2, -0.15) is 0 Å². The van der Waals surface area contributed by atoms with E-state index in [1.54, 1.807) is 20.2 Å². The quantitative estimate of drug-likeness (QED) is 0.592. The highest BCUT2D eigenvalue weighted by Crippen LogP contribution is 2.35. The molecule has 2 aromatic carbocycles. The Kier molecular flexibility index (Phi) is 6.09. The molecule has 31 heavy (non-hydrogen) atoms. The predicted octanol–water partition coefficient (Wildman–Crippen LogP) is 3.72. The Labute approximate surface area is 182 Å². The number of ether oxygens (including phenoxy) is 2. The molecule has 1 amide bonds. The molecule has 0 saturated carbocycles. The number of carbonyl (C=O) groups excluding carboxylic acids is 2. The lowest BCUT2D eigenvalue weighted by atomic mass is 9.74. The number of carbonyl (C=O) groups is 2. The van der Waals surface area contributed by atoms with Gasteiger partial charge in [0, 0.05) is 47.8 Å². The molecule has 0 unspecified atom stereocenters. The summed E-state index contributed by atoms with van der Waals surface area (Å²) in [7, 11) is 1.65. The van der Waals surface area contributed by atoms with E-state index in [0.717, 1.165) is 29.5 Å². The van der Waals surface area contributed by atoms with Crippen molar-refractivity contribution in [3.8, 4) is 5.75 Å². The molecule has 3 aromatic rings. The number of nitrogens with zero attached hydrogens (tertiary/aromatic N) is 1. The number of methoxy groups -OCH3 is 1. The number of rotatable bonds is 7. The zero-order valence-electron chi connectivity index (χ0n) is 18.0. The summed E-state index contributed by atoms with van der Waals surface area (Å²) in [5.41, 5.74) is 2.55. The normalized spacial score (nSPS) is 15.5. The average molecular weight is 421 g/mol. The molecule has 6 heteroatoms. The van der Waals surface area contributed by atoms with Crippen LogP contribution in [0.2, 0.25) is 0 Å². The maximum absolute atomic E-state index is 12.9. The molecular formula is C25H28N2O4. The highest BCUT2D eigenvalue weighted by atomic mass is 16.5. The first-order valence-electron chi connectivity index (χ1n) is 10.6. The maximum atomic E-state index is 12.9. The Morgan fingerprint density at radius 2 is 1.81 bits per heavy atom. The van der Waals surface area contributed by atoms with Crippen molar-refractivity contribution in [2.24, 2.45) is 0 Å². The number of aromatic nitrogens is 1. The standard InChI is InChI=1S/C25H28N2O4/c1-18(28)22-15-27(23-6-4-3-5-21(22)23)16-24(29)26-17-25(11-13-31-14-12-25)19-7-9-20(30-2)10-8-19/h3-10,15H,11-14,16-17H2,1-2H3,(H,26,29). The number of hydrogen-bond acceptors (Lipinski definition) is 4. The lowest BCUT2D eigenvalue weighted by Crippen LogP contribution is -2.45. The van der Waals surface area contributed by atoms with Crippen LogP contribution in [-0.4, -0.2) is 43.1 Å². The summed E-state index contributed by atoms with van der Waals surface area (Å²) in [5.74, 6) is 0.738. The van der Waals surface area contributed by atoms with E-state index in [1.165, 1.54) is 5.56 Å². The summed E-state index contributed by atoms with van der Waals surface area (Å²) >= 11 is 0. The number of hydrogen-bond donors (Lipinski definition) is 1. The van der Waals surface area contributed by atoms with Crippen LogP contribution in [0.15, 0.2) is 54.7 Å². The fraction of sp³-hybridized carbons (Fsp3) is 0.360. The summed E-state index contributed by atoms with van der Waals surface area (Å²) in [5, 5.41) is 4.02. The Balaban J connectivity index is 1.51. The van der Waals surface area contributed by atoms with Gasteiger partial charge in [0.25, 0.3) is 0 Å². The van der Waals surface area contributed by atoms with Gasteiger partial charge in [-0.3, -0.25) is 9.59 Å². The summed E-state index contributed by atoms with van der Waals surface area (Å²) < 4.78 is 12.7. The van der Waals surface area contributed by atoms with Gasteiger partial charge in [-0.25, -0.2) is 0 Å². The van der Waals surface area contributed by atoms with Crippen LogP contribution in [0.1, 0.15) is 35.7 Å². The van der Waals surface area contributed by atoms with Gasteiger partial charge in [-0.15, -0.1) is 0 Å². The van der Waals surface area contributed by atoms with Crippen molar-refractivity contribution in [3.63, 3.8) is 0 Å². The van der Waals surface area contributed by atoms with Gasteiger partial charge in [0.2, 0.25) is 5.91 Å². The number of Topliss-reactive ketones (excluding diaryl/α,β-unsaturated/α-hetero) is 1. The third kappa shape index (κ3) is 4.35. The van der Waals surface area contributed by atoms with Crippen molar-refractivity contribution in [3.05, 3.63) is 65.9 Å². The second kappa shape index (κ2) is 8.94. The van der Waals surface area contributed by atoms with Crippen molar-refractivity contribution in [1.82, 2.24) is 9.88 Å². The molecule has 1 aliphatic rings. The molecule has 1 fully saturated rings. The molecule has 2 heterocycles. The van der Waals surface area contributed by atoms with Crippen LogP contribution >= 0.6 is 0 Å². The molecule has 0 aliphatic carbocycles. The van der Waals surface area contributed by atoms with E-state index < -0.39 is 0 Å². The first kappa shape index (κ1) is 21.1. The van der Waals surface area contributed by atoms with Crippen LogP contribution < -0.4 is 10.1 Å². The minimum absolute atomic E-state index is 0.00368. The van der Waals surface area contributed by atoms with E-state index in [-0.39, 0.29) is 23.7 Å². The first-order valence-corrected chi connectivity index (χ1v) is 10.6. The first-order chi connectivity index (χ1) is 15.0. The van der Waals surface area contributed by atoms with E-state index in [9.17, 15) is 9.59 Å². The van der Waals surface area contributed by atoms with Crippen molar-refractivity contribution < 1.29 is 19.1 Å². The van der Waals surface area contributed by atoms with Gasteiger partial charge >= 0.3 is 0 Å². The monoisotopic (exact) mass is 420 g/mol. The molecule has 1 N–H and O–H groups in total. The highest BCUT2D eigenvalue weighted by molar-refractivity contribution is 6.07. The minimum Gasteiger partial charge on any atom is -0.497 e. The van der Waals surface area contributed by atoms with Crippen LogP contribution in [0.25, 0.3) is 10.9 Å². The van der Waals surface area contributed by atoms with E-state index in [4.69, 9.17) is 9.47 Å². The number of benzene rings is 2. The third-order valence-corrected chi connectivity index (χ3v) is 6.26. The van der Waals surface area contributed by atoms with Gasteiger partial charge in [0.15, 0.2) is 5.78 Å². The van der Waals surface area contributed by atoms with Gasteiger partial charge < -0.3 is 19.4 Å². The van der Waals surface area contributed by atoms with Crippen molar-refractivity contribution in [1.29, 1.82) is 0 Å². The number of amides is 1. The zero-order valence-corrected chi connectivity index (χ0v) is 18.0. The molecular weight excluding hydrogens is 392 g/mol. The van der Waals surface area contributed by atoms with Crippen LogP contribution in [0.3, 0.4) is 0 Å². The van der Waals surface area contributed by atoms with Crippen LogP contribution in [0.4, 0.5) is 0 Å². The highest BCUT2D eigenvalue weighted by Gasteiger charge is 2.35. The SMILES string of the molecule is COc1ccc(C2(CNC(=O)Cn3cc(C(C)=O)c4ccccc43)CCOCC2)cc1. The van der Waals surface area contributed by atoms with Gasteiger partial charge in [-0.1, -0.05) is 30.3 Å². The Morgan fingerprint density at radius 1 is 1.10 bits per heavy atom. The smallest absolute Gasteiger partial charge is 0.239 e. The molecule has 6 nitrogen and oxygen atoms in total. The second-order valence-corrected chi connectivity index (χ2v) is 8.14. The fourth-order valence-electron chi connectivity index (χ4n) is 4.41. The topological polar surface area (TPSA) is 69.6 Å². The Morgan fingerprint density at radius 3 is 2.48 bits per heavy atom. The largest absolute Gasteiger partial charge is 0.497 e. The molecule has 0 spiro atoms. The number of para-hydroxylation sites is 1. The molecule has 0 bridgehead atoms. The summed E-state index contributed by atoms with van der Waals surface area (Å²) in [6.45, 7) is 3.61. The van der Waals surface area contributed by atoms with Crippen molar-refractivity contribution in [2.75, 3.05) is 26.9 Å². The Hall–Kier alpha value is -3.12. The van der Waals surface area contributed by atoms with Gasteiger partial charge in [-0.05, 0) is 43.5 Å². The lowest BCUT2D eigenvalue weighted by Gasteiger charge is -2.38. The van der Waals surface area contributed by atoms with E-state index >= 15 is 0 Å². The van der Waals surface area contributed by atoms with Crippen molar-refractivity contribution in [2.45, 2.75) is 31.7 Å². The molecule has 4 rings (SSSR count). The van der Waals surface area contributed by atoms with Gasteiger partial charge in [0.05, 0.1) is 7.11 Å². The molecule has 1 saturated heterocycles. The molecule has 0 atom stereocenters. The van der Waals surface area contributed by atoms with E-state index in [2.05, 4.69) is 17.4 Å². The third-order valence-electron chi connectivity index (χ3n) is 6.26. The number of fused-ring (bicyclic) bond motifs is 1. The molecule has 162 valence electrons. The van der Waals surface area contributed by atoms with E-state index in [1.807, 2.05) is 41.0 Å². The van der Waals surface area contributed by atoms with E-state index in [0.29, 0.717) is 25.3 Å². The summed E-state index contributed by atoms with van der Waals surface area (Å²) in [4.78, 5) is 24.9. The van der Waals surface area contributed by atoms with Gasteiger partial charge in [0.1, 0.15) is 12.3 Å². The maximum Gasteiger partial charge on any atom is 0.239 e. The molecule has 1 aromatic heterocycles. The van der Waals surface area contributed by atoms with Crippen LogP contribution in [0.5, 0.6) is 5.75 Å². The Bertz CT molecular complexity index is 1080. The molecule has 1 aliphatic heterocycles. The lowest BCUT2D eigenvalue weighted by molar-refractivity contribution is -0.122. The van der Waals surface area contributed by atoms with Crippen LogP contribution in [-0.2, 0) is 21.5 Å². The fourth-order valence-corrected chi connectivity index (χ4v) is 4.41. The van der Waals surface area contributed by atoms with Crippen LogP contribution in [0, 0.1) is 0 Å². The predicted molar refractivity (Wildman–Crippen MR) is 120 cm³/mol. The minimum atomic E-state index is -0.163. The average Bonchev–Trinajstić information content (AvgIpc) is 3.17. The second-order valence-electron chi connectivity index (χ2n) is 8.14. The molecule has 0 radical (unpaired) electrons.